The molecule has 10 heteroatoms. The Morgan fingerprint density at radius 2 is 1.93 bits per heavy atom. The Morgan fingerprint density at radius 1 is 1.14 bits per heavy atom. The molecule has 2 aromatic heterocycles. The van der Waals surface area contributed by atoms with Crippen molar-refractivity contribution in [3.05, 3.63) is 58.3 Å². The van der Waals surface area contributed by atoms with E-state index < -0.39 is 7.14 Å². The predicted octanol–water partition coefficient (Wildman–Crippen LogP) is 5.50. The van der Waals surface area contributed by atoms with Crippen molar-refractivity contribution in [2.75, 3.05) is 24.0 Å². The molecule has 7 nitrogen and oxygen atoms in total. The largest absolute Gasteiger partial charge is 0.338 e. The molecule has 0 fully saturated rings. The van der Waals surface area contributed by atoms with Crippen molar-refractivity contribution in [2.45, 2.75) is 0 Å². The summed E-state index contributed by atoms with van der Waals surface area (Å²) in [4.78, 5) is 8.74. The highest BCUT2D eigenvalue weighted by molar-refractivity contribution is 9.10. The standard InChI is InChI=1S/C19H17BrClN6OP/c1-29(2,28)16-6-4-3-5-15(16)24-18-13(21)10-22-19(25-18)23-11-7-8-14-12(9-11)17(20)27-26-14/h3-10H,1-2H3,(H,26,27)(H2,22,23,24,25). The second-order valence-corrected chi connectivity index (χ2v) is 11.2. The van der Waals surface area contributed by atoms with Gasteiger partial charge in [-0.25, -0.2) is 4.98 Å². The second-order valence-electron chi connectivity index (χ2n) is 6.78. The highest BCUT2D eigenvalue weighted by atomic mass is 79.9. The van der Waals surface area contributed by atoms with Gasteiger partial charge in [0.25, 0.3) is 0 Å². The molecule has 4 aromatic rings. The minimum Gasteiger partial charge on any atom is -0.338 e. The first kappa shape index (κ1) is 19.9. The lowest BCUT2D eigenvalue weighted by atomic mass is 10.2. The molecule has 0 atom stereocenters. The quantitative estimate of drug-likeness (QED) is 0.319. The van der Waals surface area contributed by atoms with Crippen molar-refractivity contribution in [3.63, 3.8) is 0 Å². The number of benzene rings is 2. The maximum Gasteiger partial charge on any atom is 0.229 e. The SMILES string of the molecule is CP(C)(=O)c1ccccc1Nc1nc(Nc2ccc3n[nH]c(Br)c3c2)ncc1Cl. The fourth-order valence-corrected chi connectivity index (χ4v) is 4.58. The first-order valence-corrected chi connectivity index (χ1v) is 12.4. The van der Waals surface area contributed by atoms with Crippen LogP contribution in [0.4, 0.5) is 23.1 Å². The van der Waals surface area contributed by atoms with Gasteiger partial charge in [-0.15, -0.1) is 0 Å². The molecule has 2 heterocycles. The van der Waals surface area contributed by atoms with E-state index in [2.05, 4.69) is 46.7 Å². The molecule has 0 amide bonds. The minimum absolute atomic E-state index is 0.362. The van der Waals surface area contributed by atoms with E-state index in [1.165, 1.54) is 6.20 Å². The summed E-state index contributed by atoms with van der Waals surface area (Å²) in [6.45, 7) is 3.46. The van der Waals surface area contributed by atoms with Gasteiger partial charge in [-0.1, -0.05) is 23.7 Å². The number of halogens is 2. The van der Waals surface area contributed by atoms with Crippen LogP contribution in [0.25, 0.3) is 10.9 Å². The van der Waals surface area contributed by atoms with Crippen LogP contribution in [0.1, 0.15) is 0 Å². The van der Waals surface area contributed by atoms with E-state index in [4.69, 9.17) is 11.6 Å². The van der Waals surface area contributed by atoms with Gasteiger partial charge < -0.3 is 15.2 Å². The van der Waals surface area contributed by atoms with Crippen molar-refractivity contribution >= 4 is 74.0 Å². The number of para-hydroxylation sites is 1. The maximum absolute atomic E-state index is 12.6. The summed E-state index contributed by atoms with van der Waals surface area (Å²) in [6, 6.07) is 13.1. The Hall–Kier alpha value is -2.41. The second kappa shape index (κ2) is 7.78. The van der Waals surface area contributed by atoms with Crippen molar-refractivity contribution < 1.29 is 4.57 Å². The van der Waals surface area contributed by atoms with E-state index >= 15 is 0 Å². The summed E-state index contributed by atoms with van der Waals surface area (Å²) in [6.07, 6.45) is 1.52. The van der Waals surface area contributed by atoms with E-state index in [1.54, 1.807) is 13.3 Å². The molecule has 29 heavy (non-hydrogen) atoms. The Kier molecular flexibility index (Phi) is 5.34. The molecule has 0 aliphatic rings. The van der Waals surface area contributed by atoms with E-state index in [9.17, 15) is 4.57 Å². The molecular weight excluding hydrogens is 475 g/mol. The maximum atomic E-state index is 12.6. The molecule has 148 valence electrons. The summed E-state index contributed by atoms with van der Waals surface area (Å²) >= 11 is 9.74. The normalized spacial score (nSPS) is 11.6. The summed E-state index contributed by atoms with van der Waals surface area (Å²) < 4.78 is 13.4. The van der Waals surface area contributed by atoms with Crippen LogP contribution >= 0.6 is 34.7 Å². The van der Waals surface area contributed by atoms with Crippen LogP contribution < -0.4 is 15.9 Å². The molecule has 0 saturated carbocycles. The van der Waals surface area contributed by atoms with Gasteiger partial charge in [-0.3, -0.25) is 5.10 Å². The minimum atomic E-state index is -2.47. The molecule has 0 saturated heterocycles. The lowest BCUT2D eigenvalue weighted by Gasteiger charge is -2.15. The molecule has 0 aliphatic carbocycles. The first-order chi connectivity index (χ1) is 13.8. The Balaban J connectivity index is 1.64. The number of nitrogens with one attached hydrogen (secondary N) is 3. The number of rotatable bonds is 5. The van der Waals surface area contributed by atoms with Gasteiger partial charge in [0.2, 0.25) is 5.95 Å². The van der Waals surface area contributed by atoms with Crippen LogP contribution in [0.3, 0.4) is 0 Å². The molecule has 0 bridgehead atoms. The number of aromatic amines is 1. The topological polar surface area (TPSA) is 95.6 Å². The van der Waals surface area contributed by atoms with Crippen LogP contribution in [0.15, 0.2) is 53.3 Å². The van der Waals surface area contributed by atoms with Crippen LogP contribution in [0, 0.1) is 0 Å². The number of nitrogens with zero attached hydrogens (tertiary/aromatic N) is 3. The Labute approximate surface area is 180 Å². The van der Waals surface area contributed by atoms with Gasteiger partial charge in [0.1, 0.15) is 16.8 Å². The third-order valence-corrected chi connectivity index (χ3v) is 6.68. The van der Waals surface area contributed by atoms with Crippen LogP contribution in [0.5, 0.6) is 0 Å². The molecule has 0 radical (unpaired) electrons. The number of anilines is 4. The third-order valence-electron chi connectivity index (χ3n) is 4.25. The average molecular weight is 492 g/mol. The number of H-pyrrole nitrogens is 1. The van der Waals surface area contributed by atoms with E-state index in [0.29, 0.717) is 22.5 Å². The molecule has 3 N–H and O–H groups in total. The predicted molar refractivity (Wildman–Crippen MR) is 123 cm³/mol. The monoisotopic (exact) mass is 490 g/mol. The van der Waals surface area contributed by atoms with Gasteiger partial charge >= 0.3 is 0 Å². The summed E-state index contributed by atoms with van der Waals surface area (Å²) in [5.41, 5.74) is 2.36. The Morgan fingerprint density at radius 3 is 2.72 bits per heavy atom. The molecule has 4 rings (SSSR count). The van der Waals surface area contributed by atoms with Gasteiger partial charge in [0.15, 0.2) is 5.82 Å². The summed E-state index contributed by atoms with van der Waals surface area (Å²) in [7, 11) is -2.47. The van der Waals surface area contributed by atoms with Gasteiger partial charge in [0, 0.05) is 16.4 Å². The fourth-order valence-electron chi connectivity index (χ4n) is 2.88. The highest BCUT2D eigenvalue weighted by Crippen LogP contribution is 2.38. The highest BCUT2D eigenvalue weighted by Gasteiger charge is 2.17. The van der Waals surface area contributed by atoms with Crippen molar-refractivity contribution in [1.82, 2.24) is 20.2 Å². The van der Waals surface area contributed by atoms with Gasteiger partial charge in [-0.2, -0.15) is 10.1 Å². The van der Waals surface area contributed by atoms with E-state index in [-0.39, 0.29) is 0 Å². The smallest absolute Gasteiger partial charge is 0.229 e. The molecular formula is C19H17BrClN6OP. The van der Waals surface area contributed by atoms with Crippen LogP contribution in [0.2, 0.25) is 5.02 Å². The van der Waals surface area contributed by atoms with Gasteiger partial charge in [0.05, 0.1) is 17.4 Å². The van der Waals surface area contributed by atoms with E-state index in [0.717, 1.165) is 26.5 Å². The van der Waals surface area contributed by atoms with Gasteiger partial charge in [-0.05, 0) is 59.6 Å². The number of aromatic nitrogens is 4. The number of hydrogen-bond donors (Lipinski definition) is 3. The third kappa shape index (κ3) is 4.29. The average Bonchev–Trinajstić information content (AvgIpc) is 3.05. The zero-order valence-electron chi connectivity index (χ0n) is 15.6. The lowest BCUT2D eigenvalue weighted by molar-refractivity contribution is 0.588. The molecule has 0 spiro atoms. The van der Waals surface area contributed by atoms with Crippen LogP contribution in [-0.4, -0.2) is 33.5 Å². The van der Waals surface area contributed by atoms with Crippen LogP contribution in [-0.2, 0) is 4.57 Å². The summed E-state index contributed by atoms with van der Waals surface area (Å²) in [5, 5.41) is 15.5. The van der Waals surface area contributed by atoms with Crippen molar-refractivity contribution in [1.29, 1.82) is 0 Å². The number of hydrogen-bond acceptors (Lipinski definition) is 6. The van der Waals surface area contributed by atoms with Crippen molar-refractivity contribution in [2.24, 2.45) is 0 Å². The molecule has 0 aliphatic heterocycles. The molecule has 0 unspecified atom stereocenters. The first-order valence-electron chi connectivity index (χ1n) is 8.66. The zero-order chi connectivity index (χ0) is 20.6. The zero-order valence-corrected chi connectivity index (χ0v) is 18.8. The number of fused-ring (bicyclic) bond motifs is 1. The molecule has 2 aromatic carbocycles. The van der Waals surface area contributed by atoms with Crippen molar-refractivity contribution in [3.8, 4) is 0 Å². The lowest BCUT2D eigenvalue weighted by Crippen LogP contribution is -2.10. The fraction of sp³-hybridized carbons (Fsp3) is 0.105. The Bertz CT molecular complexity index is 1250. The van der Waals surface area contributed by atoms with E-state index in [1.807, 2.05) is 42.5 Å². The summed E-state index contributed by atoms with van der Waals surface area (Å²) in [5.74, 6) is 0.806.